The molecular formula is C20H28FN3O3. The van der Waals surface area contributed by atoms with Crippen molar-refractivity contribution < 1.29 is 18.7 Å². The third-order valence-corrected chi connectivity index (χ3v) is 5.15. The number of amides is 2. The molecule has 27 heavy (non-hydrogen) atoms. The van der Waals surface area contributed by atoms with Crippen molar-refractivity contribution in [3.63, 3.8) is 0 Å². The highest BCUT2D eigenvalue weighted by atomic mass is 19.1. The monoisotopic (exact) mass is 377 g/mol. The number of hydrogen-bond acceptors (Lipinski definition) is 4. The Kier molecular flexibility index (Phi) is 7.18. The van der Waals surface area contributed by atoms with Crippen molar-refractivity contribution in [2.75, 3.05) is 45.9 Å². The van der Waals surface area contributed by atoms with E-state index in [0.717, 1.165) is 44.8 Å². The first-order chi connectivity index (χ1) is 13.1. The Bertz CT molecular complexity index is 632. The zero-order chi connectivity index (χ0) is 19.1. The van der Waals surface area contributed by atoms with Crippen molar-refractivity contribution in [1.29, 1.82) is 0 Å². The van der Waals surface area contributed by atoms with Crippen molar-refractivity contribution >= 4 is 11.8 Å². The molecule has 2 fully saturated rings. The van der Waals surface area contributed by atoms with Gasteiger partial charge >= 0.3 is 0 Å². The van der Waals surface area contributed by atoms with E-state index in [4.69, 9.17) is 4.74 Å². The topological polar surface area (TPSA) is 61.9 Å². The van der Waals surface area contributed by atoms with Crippen molar-refractivity contribution in [3.8, 4) is 0 Å². The molecule has 0 saturated carbocycles. The Morgan fingerprint density at radius 2 is 1.93 bits per heavy atom. The third-order valence-electron chi connectivity index (χ3n) is 5.15. The Balaban J connectivity index is 1.34. The molecular weight excluding hydrogens is 349 g/mol. The number of hydrogen-bond donors (Lipinski definition) is 1. The first kappa shape index (κ1) is 19.8. The lowest BCUT2D eigenvalue weighted by Crippen LogP contribution is -2.39. The van der Waals surface area contributed by atoms with Crippen LogP contribution in [0, 0.1) is 5.82 Å². The summed E-state index contributed by atoms with van der Waals surface area (Å²) in [5.41, 5.74) is 1.000. The van der Waals surface area contributed by atoms with Gasteiger partial charge < -0.3 is 15.0 Å². The quantitative estimate of drug-likeness (QED) is 0.740. The number of carbonyl (C=O) groups excluding carboxylic acids is 2. The van der Waals surface area contributed by atoms with Crippen molar-refractivity contribution in [1.82, 2.24) is 15.1 Å². The second-order valence-electron chi connectivity index (χ2n) is 7.24. The molecule has 0 bridgehead atoms. The van der Waals surface area contributed by atoms with Gasteiger partial charge in [-0.3, -0.25) is 14.5 Å². The van der Waals surface area contributed by atoms with E-state index in [1.165, 1.54) is 12.1 Å². The third kappa shape index (κ3) is 6.29. The molecule has 2 heterocycles. The van der Waals surface area contributed by atoms with Crippen LogP contribution in [0.2, 0.25) is 0 Å². The minimum absolute atomic E-state index is 0.0152. The van der Waals surface area contributed by atoms with E-state index in [9.17, 15) is 14.0 Å². The van der Waals surface area contributed by atoms with Crippen LogP contribution in [0.5, 0.6) is 0 Å². The average molecular weight is 377 g/mol. The van der Waals surface area contributed by atoms with E-state index < -0.39 is 0 Å². The lowest BCUT2D eigenvalue weighted by molar-refractivity contribution is -0.127. The number of nitrogens with zero attached hydrogens (tertiary/aromatic N) is 2. The zero-order valence-electron chi connectivity index (χ0n) is 15.7. The van der Waals surface area contributed by atoms with Crippen molar-refractivity contribution in [3.05, 3.63) is 35.6 Å². The van der Waals surface area contributed by atoms with Gasteiger partial charge in [0.15, 0.2) is 0 Å². The van der Waals surface area contributed by atoms with E-state index in [2.05, 4.69) is 10.2 Å². The molecule has 7 heteroatoms. The molecule has 1 N–H and O–H groups in total. The highest BCUT2D eigenvalue weighted by molar-refractivity contribution is 5.82. The number of halogens is 1. The van der Waals surface area contributed by atoms with Gasteiger partial charge in [0.1, 0.15) is 5.82 Å². The van der Waals surface area contributed by atoms with Crippen LogP contribution >= 0.6 is 0 Å². The molecule has 2 aliphatic rings. The summed E-state index contributed by atoms with van der Waals surface area (Å²) in [6, 6.07) is 6.23. The van der Waals surface area contributed by atoms with Crippen molar-refractivity contribution in [2.45, 2.75) is 31.7 Å². The summed E-state index contributed by atoms with van der Waals surface area (Å²) in [5.74, 6) is -0.176. The Hall–Kier alpha value is -1.99. The summed E-state index contributed by atoms with van der Waals surface area (Å²) >= 11 is 0. The summed E-state index contributed by atoms with van der Waals surface area (Å²) in [4.78, 5) is 28.4. The number of benzene rings is 1. The minimum Gasteiger partial charge on any atom is -0.379 e. The van der Waals surface area contributed by atoms with Crippen LogP contribution in [0.15, 0.2) is 24.3 Å². The maximum atomic E-state index is 12.9. The van der Waals surface area contributed by atoms with Gasteiger partial charge in [-0.25, -0.2) is 4.39 Å². The fourth-order valence-electron chi connectivity index (χ4n) is 3.59. The van der Waals surface area contributed by atoms with Gasteiger partial charge in [0.05, 0.1) is 19.3 Å². The van der Waals surface area contributed by atoms with Crippen LogP contribution in [0.4, 0.5) is 4.39 Å². The summed E-state index contributed by atoms with van der Waals surface area (Å²) in [6.45, 7) is 5.45. The first-order valence-corrected chi connectivity index (χ1v) is 9.72. The van der Waals surface area contributed by atoms with E-state index in [0.29, 0.717) is 32.4 Å². The van der Waals surface area contributed by atoms with Crippen LogP contribution in [-0.4, -0.2) is 73.6 Å². The number of ether oxygens (including phenoxy) is 1. The van der Waals surface area contributed by atoms with E-state index >= 15 is 0 Å². The summed E-state index contributed by atoms with van der Waals surface area (Å²) in [6.07, 6.45) is 2.35. The summed E-state index contributed by atoms with van der Waals surface area (Å²) in [5, 5.41) is 2.99. The van der Waals surface area contributed by atoms with Crippen LogP contribution in [0.3, 0.4) is 0 Å². The highest BCUT2D eigenvalue weighted by Gasteiger charge is 2.30. The van der Waals surface area contributed by atoms with Gasteiger partial charge in [-0.15, -0.1) is 0 Å². The van der Waals surface area contributed by atoms with Crippen LogP contribution in [0.25, 0.3) is 0 Å². The van der Waals surface area contributed by atoms with E-state index in [-0.39, 0.29) is 23.7 Å². The fourth-order valence-corrected chi connectivity index (χ4v) is 3.59. The molecule has 6 nitrogen and oxygen atoms in total. The first-order valence-electron chi connectivity index (χ1n) is 9.72. The molecule has 0 unspecified atom stereocenters. The molecule has 0 radical (unpaired) electrons. The van der Waals surface area contributed by atoms with Crippen molar-refractivity contribution in [2.24, 2.45) is 0 Å². The molecule has 148 valence electrons. The number of carbonyl (C=O) groups is 2. The van der Waals surface area contributed by atoms with Crippen LogP contribution in [0.1, 0.15) is 24.8 Å². The molecule has 2 saturated heterocycles. The number of nitrogens with one attached hydrogen (secondary N) is 1. The molecule has 0 aromatic heterocycles. The number of likely N-dealkylation sites (tertiary alicyclic amines) is 1. The molecule has 0 aliphatic carbocycles. The Labute approximate surface area is 159 Å². The smallest absolute Gasteiger partial charge is 0.224 e. The second-order valence-corrected chi connectivity index (χ2v) is 7.24. The predicted molar refractivity (Wildman–Crippen MR) is 99.7 cm³/mol. The molecule has 1 atom stereocenters. The normalized spacial score (nSPS) is 20.9. The van der Waals surface area contributed by atoms with Gasteiger partial charge in [-0.05, 0) is 37.1 Å². The number of morpholine rings is 1. The Morgan fingerprint density at radius 3 is 2.67 bits per heavy atom. The van der Waals surface area contributed by atoms with E-state index in [1.807, 2.05) is 0 Å². The molecule has 0 spiro atoms. The van der Waals surface area contributed by atoms with Gasteiger partial charge in [-0.1, -0.05) is 12.1 Å². The van der Waals surface area contributed by atoms with E-state index in [1.54, 1.807) is 17.0 Å². The summed E-state index contributed by atoms with van der Waals surface area (Å²) in [7, 11) is 0. The van der Waals surface area contributed by atoms with Gasteiger partial charge in [0.25, 0.3) is 0 Å². The second kappa shape index (κ2) is 9.80. The number of rotatable bonds is 8. The molecule has 3 rings (SSSR count). The Morgan fingerprint density at radius 1 is 1.19 bits per heavy atom. The lowest BCUT2D eigenvalue weighted by Gasteiger charge is -2.26. The van der Waals surface area contributed by atoms with Crippen LogP contribution in [-0.2, 0) is 20.7 Å². The standard InChI is InChI=1S/C20H28FN3O3/c21-17-5-3-16(4-6-17)7-9-24-15-18(14-20(24)26)22-19(25)2-1-8-23-10-12-27-13-11-23/h3-6,18H,1-2,7-15H2,(H,22,25)/t18-/m0/s1. The van der Waals surface area contributed by atoms with Gasteiger partial charge in [0, 0.05) is 39.0 Å². The molecule has 2 amide bonds. The fraction of sp³-hybridized carbons (Fsp3) is 0.600. The zero-order valence-corrected chi connectivity index (χ0v) is 15.7. The molecule has 1 aromatic carbocycles. The molecule has 2 aliphatic heterocycles. The SMILES string of the molecule is O=C(CCCN1CCOCC1)N[C@H]1CC(=O)N(CCc2ccc(F)cc2)C1. The van der Waals surface area contributed by atoms with Crippen LogP contribution < -0.4 is 5.32 Å². The average Bonchev–Trinajstić information content (AvgIpc) is 3.01. The van der Waals surface area contributed by atoms with Gasteiger partial charge in [-0.2, -0.15) is 0 Å². The summed E-state index contributed by atoms with van der Waals surface area (Å²) < 4.78 is 18.3. The maximum absolute atomic E-state index is 12.9. The largest absolute Gasteiger partial charge is 0.379 e. The molecule has 1 aromatic rings. The lowest BCUT2D eigenvalue weighted by atomic mass is 10.1. The highest BCUT2D eigenvalue weighted by Crippen LogP contribution is 2.13. The maximum Gasteiger partial charge on any atom is 0.224 e. The predicted octanol–water partition coefficient (Wildman–Crippen LogP) is 1.20. The van der Waals surface area contributed by atoms with Gasteiger partial charge in [0.2, 0.25) is 11.8 Å². The minimum atomic E-state index is -0.257.